The second-order valence-electron chi connectivity index (χ2n) is 6.70. The predicted octanol–water partition coefficient (Wildman–Crippen LogP) is 1.59. The van der Waals surface area contributed by atoms with E-state index in [0.29, 0.717) is 25.0 Å². The molecule has 7 nitrogen and oxygen atoms in total. The van der Waals surface area contributed by atoms with Gasteiger partial charge in [0.25, 0.3) is 5.91 Å². The number of rotatable bonds is 7. The lowest BCUT2D eigenvalue weighted by molar-refractivity contribution is -0.137. The molecule has 148 valence electrons. The molecule has 0 spiro atoms. The number of esters is 1. The molecule has 0 aromatic heterocycles. The minimum Gasteiger partial charge on any atom is -0.488 e. The summed E-state index contributed by atoms with van der Waals surface area (Å²) in [7, 11) is 0. The number of fused-ring (bicyclic) bond motifs is 1. The van der Waals surface area contributed by atoms with Crippen LogP contribution in [0.1, 0.15) is 25.3 Å². The minimum atomic E-state index is -0.480. The van der Waals surface area contributed by atoms with Gasteiger partial charge in [0.2, 0.25) is 5.91 Å². The lowest BCUT2D eigenvalue weighted by Crippen LogP contribution is -2.38. The number of amides is 2. The third-order valence-electron chi connectivity index (χ3n) is 4.69. The van der Waals surface area contributed by atoms with Gasteiger partial charge in [-0.1, -0.05) is 24.3 Å². The van der Waals surface area contributed by atoms with Gasteiger partial charge in [0, 0.05) is 30.1 Å². The number of hydrogen-bond acceptors (Lipinski definition) is 5. The Balaban J connectivity index is 1.70. The molecule has 1 saturated heterocycles. The molecular weight excluding hydrogens is 360 g/mol. The van der Waals surface area contributed by atoms with E-state index in [4.69, 9.17) is 9.47 Å². The van der Waals surface area contributed by atoms with Crippen LogP contribution in [0.25, 0.3) is 6.08 Å². The first-order valence-corrected chi connectivity index (χ1v) is 9.42. The van der Waals surface area contributed by atoms with Crippen LogP contribution in [-0.4, -0.2) is 43.6 Å². The van der Waals surface area contributed by atoms with Crippen molar-refractivity contribution in [2.24, 2.45) is 5.92 Å². The lowest BCUT2D eigenvalue weighted by Gasteiger charge is -2.21. The van der Waals surface area contributed by atoms with Crippen LogP contribution in [0.5, 0.6) is 5.75 Å². The molecule has 1 aromatic carbocycles. The molecule has 2 aliphatic rings. The number of hydrogen-bond donors (Lipinski definition) is 2. The third-order valence-corrected chi connectivity index (χ3v) is 4.69. The molecule has 1 aromatic rings. The number of para-hydroxylation sites is 1. The number of carbonyl (C=O) groups excluding carboxylic acids is 3. The zero-order valence-corrected chi connectivity index (χ0v) is 15.8. The monoisotopic (exact) mass is 384 g/mol. The smallest absolute Gasteiger partial charge is 0.330 e. The molecule has 1 fully saturated rings. The van der Waals surface area contributed by atoms with Crippen LogP contribution in [0.2, 0.25) is 0 Å². The fraction of sp³-hybridized carbons (Fsp3) is 0.381. The number of carbonyl (C=O) groups is 3. The molecular formula is C21H24N2O5. The van der Waals surface area contributed by atoms with Gasteiger partial charge in [-0.2, -0.15) is 0 Å². The molecule has 3 rings (SSSR count). The van der Waals surface area contributed by atoms with Crippen LogP contribution in [0.3, 0.4) is 0 Å². The van der Waals surface area contributed by atoms with E-state index in [1.54, 1.807) is 19.1 Å². The Morgan fingerprint density at radius 1 is 1.39 bits per heavy atom. The standard InChI is InChI=1S/C21H24N2O5/c1-2-27-19(24)8-7-17(12-15-9-10-22-20(15)25)23-21(26)16-11-14-5-3-4-6-18(14)28-13-16/h3-8,11,15,17H,2,9-10,12-13H2,1H3,(H,22,25)(H,23,26)/t15-,17+/m0/s1. The summed E-state index contributed by atoms with van der Waals surface area (Å²) in [4.78, 5) is 36.3. The topological polar surface area (TPSA) is 93.7 Å². The first-order chi connectivity index (χ1) is 13.6. The zero-order chi connectivity index (χ0) is 19.9. The molecule has 0 aliphatic carbocycles. The highest BCUT2D eigenvalue weighted by atomic mass is 16.5. The molecule has 28 heavy (non-hydrogen) atoms. The highest BCUT2D eigenvalue weighted by Gasteiger charge is 2.28. The van der Waals surface area contributed by atoms with Gasteiger partial charge >= 0.3 is 5.97 Å². The van der Waals surface area contributed by atoms with E-state index >= 15 is 0 Å². The SMILES string of the molecule is CCOC(=O)C=C[C@H](C[C@@H]1CCNC1=O)NC(=O)C1=Cc2ccccc2OC1. The zero-order valence-electron chi connectivity index (χ0n) is 15.8. The number of ether oxygens (including phenoxy) is 2. The fourth-order valence-electron chi connectivity index (χ4n) is 3.26. The molecule has 2 amide bonds. The van der Waals surface area contributed by atoms with Crippen molar-refractivity contribution in [1.82, 2.24) is 10.6 Å². The summed E-state index contributed by atoms with van der Waals surface area (Å²) in [5.74, 6) is -0.258. The van der Waals surface area contributed by atoms with Crippen molar-refractivity contribution in [2.75, 3.05) is 19.8 Å². The Kier molecular flexibility index (Phi) is 6.47. The lowest BCUT2D eigenvalue weighted by atomic mass is 9.97. The van der Waals surface area contributed by atoms with Crippen LogP contribution in [-0.2, 0) is 19.1 Å². The summed E-state index contributed by atoms with van der Waals surface area (Å²) in [5, 5.41) is 5.69. The Morgan fingerprint density at radius 3 is 2.96 bits per heavy atom. The van der Waals surface area contributed by atoms with Gasteiger partial charge in [-0.15, -0.1) is 0 Å². The van der Waals surface area contributed by atoms with Crippen LogP contribution in [0.15, 0.2) is 42.0 Å². The highest BCUT2D eigenvalue weighted by molar-refractivity contribution is 5.99. The quantitative estimate of drug-likeness (QED) is 0.550. The second kappa shape index (κ2) is 9.21. The molecule has 0 saturated carbocycles. The van der Waals surface area contributed by atoms with Crippen molar-refractivity contribution in [1.29, 1.82) is 0 Å². The molecule has 2 heterocycles. The maximum absolute atomic E-state index is 12.7. The average Bonchev–Trinajstić information content (AvgIpc) is 3.10. The number of nitrogens with one attached hydrogen (secondary N) is 2. The molecule has 0 bridgehead atoms. The normalized spacial score (nSPS) is 19.2. The Hall–Kier alpha value is -3.09. The maximum Gasteiger partial charge on any atom is 0.330 e. The van der Waals surface area contributed by atoms with Crippen molar-refractivity contribution in [3.63, 3.8) is 0 Å². The molecule has 2 N–H and O–H groups in total. The van der Waals surface area contributed by atoms with Crippen molar-refractivity contribution < 1.29 is 23.9 Å². The van der Waals surface area contributed by atoms with Crippen molar-refractivity contribution in [3.05, 3.63) is 47.6 Å². The molecule has 0 radical (unpaired) electrons. The van der Waals surface area contributed by atoms with E-state index < -0.39 is 12.0 Å². The summed E-state index contributed by atoms with van der Waals surface area (Å²) in [5.41, 5.74) is 1.33. The van der Waals surface area contributed by atoms with E-state index in [0.717, 1.165) is 11.3 Å². The van der Waals surface area contributed by atoms with Gasteiger partial charge in [-0.3, -0.25) is 9.59 Å². The van der Waals surface area contributed by atoms with Gasteiger partial charge in [0.05, 0.1) is 12.2 Å². The van der Waals surface area contributed by atoms with Gasteiger partial charge < -0.3 is 20.1 Å². The Bertz CT molecular complexity index is 815. The fourth-order valence-corrected chi connectivity index (χ4v) is 3.26. The van der Waals surface area contributed by atoms with E-state index in [2.05, 4.69) is 10.6 Å². The van der Waals surface area contributed by atoms with Crippen LogP contribution in [0.4, 0.5) is 0 Å². The van der Waals surface area contributed by atoms with E-state index in [9.17, 15) is 14.4 Å². The van der Waals surface area contributed by atoms with Crippen LogP contribution >= 0.6 is 0 Å². The van der Waals surface area contributed by atoms with E-state index in [1.807, 2.05) is 24.3 Å². The first-order valence-electron chi connectivity index (χ1n) is 9.42. The van der Waals surface area contributed by atoms with Gasteiger partial charge in [-0.25, -0.2) is 4.79 Å². The van der Waals surface area contributed by atoms with Gasteiger partial charge in [0.15, 0.2) is 0 Å². The summed E-state index contributed by atoms with van der Waals surface area (Å²) in [6.45, 7) is 2.79. The summed E-state index contributed by atoms with van der Waals surface area (Å²) < 4.78 is 10.5. The first kappa shape index (κ1) is 19.7. The summed E-state index contributed by atoms with van der Waals surface area (Å²) >= 11 is 0. The largest absolute Gasteiger partial charge is 0.488 e. The predicted molar refractivity (Wildman–Crippen MR) is 103 cm³/mol. The molecule has 7 heteroatoms. The van der Waals surface area contributed by atoms with E-state index in [-0.39, 0.29) is 30.9 Å². The highest BCUT2D eigenvalue weighted by Crippen LogP contribution is 2.26. The van der Waals surface area contributed by atoms with Crippen LogP contribution < -0.4 is 15.4 Å². The average molecular weight is 384 g/mol. The molecule has 2 aliphatic heterocycles. The summed E-state index contributed by atoms with van der Waals surface area (Å²) in [6, 6.07) is 7.01. The Morgan fingerprint density at radius 2 is 2.21 bits per heavy atom. The third kappa shape index (κ3) is 5.00. The van der Waals surface area contributed by atoms with Gasteiger partial charge in [-0.05, 0) is 31.9 Å². The summed E-state index contributed by atoms with van der Waals surface area (Å²) in [6.07, 6.45) is 5.79. The van der Waals surface area contributed by atoms with Crippen molar-refractivity contribution in [2.45, 2.75) is 25.8 Å². The molecule has 0 unspecified atom stereocenters. The van der Waals surface area contributed by atoms with Gasteiger partial charge in [0.1, 0.15) is 12.4 Å². The molecule has 2 atom stereocenters. The second-order valence-corrected chi connectivity index (χ2v) is 6.70. The van der Waals surface area contributed by atoms with Crippen LogP contribution in [0, 0.1) is 5.92 Å². The number of benzene rings is 1. The van der Waals surface area contributed by atoms with Crippen molar-refractivity contribution in [3.8, 4) is 5.75 Å². The maximum atomic E-state index is 12.7. The van der Waals surface area contributed by atoms with Crippen molar-refractivity contribution >= 4 is 23.9 Å². The Labute approximate surface area is 163 Å². The van der Waals surface area contributed by atoms with E-state index in [1.165, 1.54) is 6.08 Å². The minimum absolute atomic E-state index is 0.0297.